The molecule has 1 saturated heterocycles. The van der Waals surface area contributed by atoms with Gasteiger partial charge in [0.15, 0.2) is 0 Å². The summed E-state index contributed by atoms with van der Waals surface area (Å²) >= 11 is 0. The van der Waals surface area contributed by atoms with Crippen molar-refractivity contribution in [3.63, 3.8) is 0 Å². The molecule has 3 aliphatic rings. The van der Waals surface area contributed by atoms with Crippen LogP contribution in [0.25, 0.3) is 0 Å². The summed E-state index contributed by atoms with van der Waals surface area (Å²) in [7, 11) is 0. The number of nitrogens with one attached hydrogen (secondary N) is 1. The maximum absolute atomic E-state index is 13.3. The van der Waals surface area contributed by atoms with Gasteiger partial charge in [-0.2, -0.15) is 0 Å². The summed E-state index contributed by atoms with van der Waals surface area (Å²) in [4.78, 5) is 28.4. The predicted molar refractivity (Wildman–Crippen MR) is 114 cm³/mol. The number of likely N-dealkylation sites (tertiary alicyclic amines) is 1. The lowest BCUT2D eigenvalue weighted by Crippen LogP contribution is -2.50. The molecule has 2 aromatic rings. The largest absolute Gasteiger partial charge is 0.488 e. The fourth-order valence-electron chi connectivity index (χ4n) is 5.42. The second-order valence-corrected chi connectivity index (χ2v) is 8.74. The predicted octanol–water partition coefficient (Wildman–Crippen LogP) is 3.58. The molecule has 5 heteroatoms. The van der Waals surface area contributed by atoms with Crippen molar-refractivity contribution in [3.8, 4) is 5.75 Å². The molecule has 0 bridgehead atoms. The van der Waals surface area contributed by atoms with Gasteiger partial charge in [0.1, 0.15) is 17.9 Å². The lowest BCUT2D eigenvalue weighted by molar-refractivity contribution is -0.125. The van der Waals surface area contributed by atoms with Gasteiger partial charge in [-0.05, 0) is 48.9 Å². The number of hydrogen-bond donors (Lipinski definition) is 1. The molecule has 2 amide bonds. The van der Waals surface area contributed by atoms with E-state index in [0.29, 0.717) is 18.0 Å². The van der Waals surface area contributed by atoms with E-state index in [4.69, 9.17) is 4.74 Å². The first-order valence-electron chi connectivity index (χ1n) is 11.1. The number of amides is 2. The molecule has 0 aromatic heterocycles. The van der Waals surface area contributed by atoms with Gasteiger partial charge in [-0.25, -0.2) is 0 Å². The molecule has 156 valence electrons. The van der Waals surface area contributed by atoms with Crippen molar-refractivity contribution >= 4 is 11.8 Å². The molecule has 4 unspecified atom stereocenters. The molecule has 5 nitrogen and oxygen atoms in total. The van der Waals surface area contributed by atoms with Gasteiger partial charge in [0.2, 0.25) is 5.91 Å². The summed E-state index contributed by atoms with van der Waals surface area (Å²) in [5, 5.41) is 3.09. The number of ether oxygens (including phenoxy) is 1. The molecule has 1 saturated carbocycles. The Morgan fingerprint density at radius 1 is 1.00 bits per heavy atom. The quantitative estimate of drug-likeness (QED) is 0.847. The molecule has 1 N–H and O–H groups in total. The van der Waals surface area contributed by atoms with Crippen LogP contribution in [0, 0.1) is 5.92 Å². The maximum atomic E-state index is 13.3. The molecule has 4 atom stereocenters. The Morgan fingerprint density at radius 3 is 2.60 bits per heavy atom. The number of fused-ring (bicyclic) bond motifs is 2. The van der Waals surface area contributed by atoms with Crippen LogP contribution in [0.5, 0.6) is 5.75 Å². The SMILES string of the molecule is O=C(NCC1Cc2ccccc2O1)C1CC2CCCCC2N1C(=O)c1ccccc1. The van der Waals surface area contributed by atoms with Crippen LogP contribution in [0.3, 0.4) is 0 Å². The highest BCUT2D eigenvalue weighted by atomic mass is 16.5. The minimum atomic E-state index is -0.394. The summed E-state index contributed by atoms with van der Waals surface area (Å²) in [6.45, 7) is 0.465. The van der Waals surface area contributed by atoms with Gasteiger partial charge >= 0.3 is 0 Å². The van der Waals surface area contributed by atoms with E-state index in [2.05, 4.69) is 11.4 Å². The van der Waals surface area contributed by atoms with Crippen molar-refractivity contribution in [1.29, 1.82) is 0 Å². The fourth-order valence-corrected chi connectivity index (χ4v) is 5.42. The number of rotatable bonds is 4. The Labute approximate surface area is 177 Å². The Kier molecular flexibility index (Phi) is 5.19. The van der Waals surface area contributed by atoms with Gasteiger partial charge in [0, 0.05) is 18.0 Å². The molecule has 2 heterocycles. The molecule has 1 aliphatic carbocycles. The zero-order chi connectivity index (χ0) is 20.5. The van der Waals surface area contributed by atoms with Crippen molar-refractivity contribution in [1.82, 2.24) is 10.2 Å². The minimum Gasteiger partial charge on any atom is -0.488 e. The number of benzene rings is 2. The van der Waals surface area contributed by atoms with Crippen LogP contribution in [0.4, 0.5) is 0 Å². The Hall–Kier alpha value is -2.82. The van der Waals surface area contributed by atoms with Crippen LogP contribution in [-0.4, -0.2) is 41.4 Å². The molecular weight excluding hydrogens is 376 g/mol. The highest BCUT2D eigenvalue weighted by Gasteiger charge is 2.47. The van der Waals surface area contributed by atoms with Crippen LogP contribution in [0.2, 0.25) is 0 Å². The average molecular weight is 405 g/mol. The number of hydrogen-bond acceptors (Lipinski definition) is 3. The summed E-state index contributed by atoms with van der Waals surface area (Å²) in [6.07, 6.45) is 5.94. The number of carbonyl (C=O) groups excluding carboxylic acids is 2. The van der Waals surface area contributed by atoms with E-state index in [1.807, 2.05) is 53.4 Å². The van der Waals surface area contributed by atoms with Crippen molar-refractivity contribution in [2.24, 2.45) is 5.92 Å². The van der Waals surface area contributed by atoms with E-state index in [1.165, 1.54) is 12.0 Å². The van der Waals surface area contributed by atoms with Gasteiger partial charge in [0.05, 0.1) is 6.54 Å². The lowest BCUT2D eigenvalue weighted by Gasteiger charge is -2.33. The topological polar surface area (TPSA) is 58.6 Å². The molecule has 0 radical (unpaired) electrons. The zero-order valence-electron chi connectivity index (χ0n) is 17.1. The molecule has 2 aliphatic heterocycles. The normalized spacial score (nSPS) is 27.1. The average Bonchev–Trinajstić information content (AvgIpc) is 3.39. The van der Waals surface area contributed by atoms with E-state index in [0.717, 1.165) is 37.9 Å². The third-order valence-electron chi connectivity index (χ3n) is 6.86. The van der Waals surface area contributed by atoms with Gasteiger partial charge in [-0.15, -0.1) is 0 Å². The summed E-state index contributed by atoms with van der Waals surface area (Å²) in [5.41, 5.74) is 1.85. The van der Waals surface area contributed by atoms with E-state index in [1.54, 1.807) is 0 Å². The first kappa shape index (κ1) is 19.2. The molecular formula is C25H28N2O3. The summed E-state index contributed by atoms with van der Waals surface area (Å²) in [6, 6.07) is 17.2. The monoisotopic (exact) mass is 404 g/mol. The van der Waals surface area contributed by atoms with Crippen LogP contribution >= 0.6 is 0 Å². The first-order chi connectivity index (χ1) is 14.7. The third-order valence-corrected chi connectivity index (χ3v) is 6.86. The van der Waals surface area contributed by atoms with Gasteiger partial charge < -0.3 is 15.0 Å². The van der Waals surface area contributed by atoms with Crippen LogP contribution in [0.1, 0.15) is 48.0 Å². The van der Waals surface area contributed by atoms with Gasteiger partial charge in [0.25, 0.3) is 5.91 Å². The number of nitrogens with zero attached hydrogens (tertiary/aromatic N) is 1. The van der Waals surface area contributed by atoms with Crippen LogP contribution in [0.15, 0.2) is 54.6 Å². The third kappa shape index (κ3) is 3.57. The number of para-hydroxylation sites is 1. The fraction of sp³-hybridized carbons (Fsp3) is 0.440. The second-order valence-electron chi connectivity index (χ2n) is 8.74. The number of carbonyl (C=O) groups is 2. The van der Waals surface area contributed by atoms with E-state index in [9.17, 15) is 9.59 Å². The Balaban J connectivity index is 1.29. The molecule has 5 rings (SSSR count). The molecule has 2 fully saturated rings. The lowest BCUT2D eigenvalue weighted by atomic mass is 9.84. The van der Waals surface area contributed by atoms with Crippen molar-refractivity contribution in [2.45, 2.75) is 56.7 Å². The van der Waals surface area contributed by atoms with E-state index >= 15 is 0 Å². The van der Waals surface area contributed by atoms with E-state index < -0.39 is 6.04 Å². The molecule has 2 aromatic carbocycles. The highest BCUT2D eigenvalue weighted by Crippen LogP contribution is 2.40. The zero-order valence-corrected chi connectivity index (χ0v) is 17.1. The van der Waals surface area contributed by atoms with Crippen LogP contribution < -0.4 is 10.1 Å². The van der Waals surface area contributed by atoms with Crippen molar-refractivity contribution in [3.05, 3.63) is 65.7 Å². The molecule has 30 heavy (non-hydrogen) atoms. The van der Waals surface area contributed by atoms with Gasteiger partial charge in [-0.1, -0.05) is 49.2 Å². The van der Waals surface area contributed by atoms with Crippen molar-refractivity contribution < 1.29 is 14.3 Å². The smallest absolute Gasteiger partial charge is 0.254 e. The highest BCUT2D eigenvalue weighted by molar-refractivity contribution is 5.98. The minimum absolute atomic E-state index is 0.0188. The van der Waals surface area contributed by atoms with Crippen LogP contribution in [-0.2, 0) is 11.2 Å². The van der Waals surface area contributed by atoms with Crippen molar-refractivity contribution in [2.75, 3.05) is 6.54 Å². The van der Waals surface area contributed by atoms with Gasteiger partial charge in [-0.3, -0.25) is 9.59 Å². The summed E-state index contributed by atoms with van der Waals surface area (Å²) < 4.78 is 5.96. The Bertz CT molecular complexity index is 904. The Morgan fingerprint density at radius 2 is 1.77 bits per heavy atom. The standard InChI is InChI=1S/C25H28N2O3/c28-24(26-16-20-14-19-11-5-7-13-23(19)30-20)22-15-18-10-4-6-12-21(18)27(22)25(29)17-8-2-1-3-9-17/h1-3,5,7-9,11,13,18,20-22H,4,6,10,12,14-16H2,(H,26,28). The first-order valence-corrected chi connectivity index (χ1v) is 11.1. The maximum Gasteiger partial charge on any atom is 0.254 e. The molecule has 0 spiro atoms. The summed E-state index contributed by atoms with van der Waals surface area (Å²) in [5.74, 6) is 1.27. The second kappa shape index (κ2) is 8.13. The van der Waals surface area contributed by atoms with E-state index in [-0.39, 0.29) is 24.0 Å².